The van der Waals surface area contributed by atoms with Crippen molar-refractivity contribution in [3.05, 3.63) is 23.8 Å². The number of hydrogen-bond acceptors (Lipinski definition) is 4. The first-order valence-electron chi connectivity index (χ1n) is 10.1. The molecule has 154 valence electrons. The summed E-state index contributed by atoms with van der Waals surface area (Å²) in [5.41, 5.74) is -4.62. The Labute approximate surface area is 178 Å². The van der Waals surface area contributed by atoms with E-state index in [1.54, 1.807) is 13.0 Å². The van der Waals surface area contributed by atoms with Gasteiger partial charge in [-0.25, -0.2) is 4.39 Å². The second kappa shape index (κ2) is 6.20. The molecule has 0 spiro atoms. The largest absolute Gasteiger partial charge is 0.390 e. The number of hydrogen-bond donors (Lipinski definition) is 2. The highest BCUT2D eigenvalue weighted by atomic mass is 127. The van der Waals surface area contributed by atoms with E-state index in [2.05, 4.69) is 0 Å². The third-order valence-corrected chi connectivity index (χ3v) is 9.46. The first kappa shape index (κ1) is 20.7. The third kappa shape index (κ3) is 2.17. The van der Waals surface area contributed by atoms with E-state index < -0.39 is 34.1 Å². The van der Waals surface area contributed by atoms with Gasteiger partial charge < -0.3 is 10.2 Å². The second-order valence-electron chi connectivity index (χ2n) is 9.72. The normalized spacial score (nSPS) is 52.5. The Hall–Kier alpha value is -0.600. The van der Waals surface area contributed by atoms with E-state index in [9.17, 15) is 19.8 Å². The summed E-state index contributed by atoms with van der Waals surface area (Å²) in [4.78, 5) is 24.6. The summed E-state index contributed by atoms with van der Waals surface area (Å²) in [6.45, 7) is 5.51. The summed E-state index contributed by atoms with van der Waals surface area (Å²) in [7, 11) is 0. The molecule has 0 heterocycles. The maximum atomic E-state index is 16.9. The van der Waals surface area contributed by atoms with Gasteiger partial charge in [-0.1, -0.05) is 48.1 Å². The van der Waals surface area contributed by atoms with Gasteiger partial charge in [0.15, 0.2) is 17.2 Å². The highest BCUT2D eigenvalue weighted by Crippen LogP contribution is 2.70. The van der Waals surface area contributed by atoms with Crippen molar-refractivity contribution in [2.45, 2.75) is 63.8 Å². The van der Waals surface area contributed by atoms with Crippen LogP contribution in [0.3, 0.4) is 0 Å². The number of aliphatic hydroxyl groups is 2. The molecule has 3 saturated carbocycles. The first-order chi connectivity index (χ1) is 13.0. The Morgan fingerprint density at radius 3 is 2.68 bits per heavy atom. The van der Waals surface area contributed by atoms with E-state index in [1.807, 2.05) is 36.4 Å². The molecule has 4 rings (SSSR count). The lowest BCUT2D eigenvalue weighted by Gasteiger charge is -2.62. The van der Waals surface area contributed by atoms with Crippen LogP contribution < -0.4 is 0 Å². The lowest BCUT2D eigenvalue weighted by Crippen LogP contribution is -2.69. The number of aliphatic hydroxyl groups excluding tert-OH is 1. The summed E-state index contributed by atoms with van der Waals surface area (Å²) >= 11 is 1.97. The minimum absolute atomic E-state index is 0.0402. The Bertz CT molecular complexity index is 808. The van der Waals surface area contributed by atoms with E-state index in [-0.39, 0.29) is 34.3 Å². The molecule has 0 bridgehead atoms. The minimum atomic E-state index is -1.92. The van der Waals surface area contributed by atoms with Gasteiger partial charge >= 0.3 is 0 Å². The molecule has 0 aliphatic heterocycles. The van der Waals surface area contributed by atoms with Gasteiger partial charge in [0.25, 0.3) is 0 Å². The van der Waals surface area contributed by atoms with Crippen molar-refractivity contribution < 1.29 is 24.2 Å². The zero-order chi connectivity index (χ0) is 20.7. The van der Waals surface area contributed by atoms with Crippen LogP contribution in [0.15, 0.2) is 23.8 Å². The van der Waals surface area contributed by atoms with Gasteiger partial charge in [0.2, 0.25) is 0 Å². The van der Waals surface area contributed by atoms with Crippen LogP contribution in [0.25, 0.3) is 0 Å². The first-order valence-corrected chi connectivity index (χ1v) is 11.6. The van der Waals surface area contributed by atoms with Crippen LogP contribution in [-0.4, -0.2) is 43.6 Å². The van der Waals surface area contributed by atoms with Crippen LogP contribution in [0.5, 0.6) is 0 Å². The number of allylic oxidation sites excluding steroid dienone is 4. The number of halogens is 2. The number of carbonyl (C=O) groups excluding carboxylic acids is 2. The van der Waals surface area contributed by atoms with Gasteiger partial charge in [-0.05, 0) is 56.6 Å². The zero-order valence-corrected chi connectivity index (χ0v) is 18.7. The van der Waals surface area contributed by atoms with Crippen molar-refractivity contribution in [2.24, 2.45) is 28.6 Å². The summed E-state index contributed by atoms with van der Waals surface area (Å²) in [5.74, 6) is -1.32. The highest BCUT2D eigenvalue weighted by molar-refractivity contribution is 14.1. The number of rotatable bonds is 2. The van der Waals surface area contributed by atoms with Crippen LogP contribution in [0.4, 0.5) is 4.39 Å². The minimum Gasteiger partial charge on any atom is -0.390 e. The Morgan fingerprint density at radius 2 is 2.04 bits per heavy atom. The molecule has 28 heavy (non-hydrogen) atoms. The van der Waals surface area contributed by atoms with Crippen molar-refractivity contribution in [1.29, 1.82) is 0 Å². The molecular weight excluding hydrogens is 474 g/mol. The zero-order valence-electron chi connectivity index (χ0n) is 16.5. The average Bonchev–Trinajstić information content (AvgIpc) is 2.84. The van der Waals surface area contributed by atoms with Gasteiger partial charge in [-0.2, -0.15) is 0 Å². The molecule has 0 amide bonds. The van der Waals surface area contributed by atoms with Crippen LogP contribution in [0.1, 0.15) is 46.5 Å². The van der Waals surface area contributed by atoms with Gasteiger partial charge in [0.1, 0.15) is 5.60 Å². The fourth-order valence-corrected chi connectivity index (χ4v) is 7.82. The summed E-state index contributed by atoms with van der Waals surface area (Å²) < 4.78 is 17.1. The predicted molar refractivity (Wildman–Crippen MR) is 112 cm³/mol. The standard InChI is InChI=1S/C22H28FIO4/c1-12-8-16-15-5-4-13-9-14(25)6-7-19(13,2)21(15,23)17(26)10-20(16,3)22(12,28)18(27)11-24/h6-7,9,12,15-17,26,28H,4-5,8,10-11H2,1-3H3/t12-,15-,16-,17-,19-,20-,21-,22-/m0/s1. The molecule has 8 atom stereocenters. The van der Waals surface area contributed by atoms with Crippen LogP contribution in [0, 0.1) is 28.6 Å². The summed E-state index contributed by atoms with van der Waals surface area (Å²) in [6, 6.07) is 0. The van der Waals surface area contributed by atoms with E-state index in [0.717, 1.165) is 5.57 Å². The van der Waals surface area contributed by atoms with Crippen molar-refractivity contribution >= 4 is 34.2 Å². The van der Waals surface area contributed by atoms with Gasteiger partial charge in [-0.15, -0.1) is 0 Å². The SMILES string of the molecule is C[C@H]1C[C@H]2[C@@H]3CCC4=CC(=O)C=C[C@]4(C)[C@@]3(F)[C@@H](O)C[C@]2(C)[C@@]1(O)C(=O)CI. The summed E-state index contributed by atoms with van der Waals surface area (Å²) in [6.07, 6.45) is 4.95. The lowest BCUT2D eigenvalue weighted by atomic mass is 9.44. The van der Waals surface area contributed by atoms with Gasteiger partial charge in [0, 0.05) is 16.7 Å². The van der Waals surface area contributed by atoms with Gasteiger partial charge in [0.05, 0.1) is 10.5 Å². The molecule has 4 nitrogen and oxygen atoms in total. The molecule has 0 aromatic rings. The molecule has 4 aliphatic rings. The number of carbonyl (C=O) groups is 2. The Balaban J connectivity index is 1.84. The average molecular weight is 502 g/mol. The maximum absolute atomic E-state index is 16.9. The monoisotopic (exact) mass is 502 g/mol. The van der Waals surface area contributed by atoms with E-state index in [4.69, 9.17) is 0 Å². The Morgan fingerprint density at radius 1 is 1.36 bits per heavy atom. The van der Waals surface area contributed by atoms with E-state index in [1.165, 1.54) is 12.2 Å². The van der Waals surface area contributed by atoms with E-state index in [0.29, 0.717) is 19.3 Å². The van der Waals surface area contributed by atoms with Crippen molar-refractivity contribution in [1.82, 2.24) is 0 Å². The number of alkyl halides is 2. The van der Waals surface area contributed by atoms with E-state index >= 15 is 4.39 Å². The van der Waals surface area contributed by atoms with Gasteiger partial charge in [-0.3, -0.25) is 9.59 Å². The molecule has 0 radical (unpaired) electrons. The molecule has 0 unspecified atom stereocenters. The third-order valence-electron chi connectivity index (χ3n) is 8.77. The maximum Gasteiger partial charge on any atom is 0.178 e. The second-order valence-corrected chi connectivity index (χ2v) is 10.5. The predicted octanol–water partition coefficient (Wildman–Crippen LogP) is 3.34. The molecule has 2 N–H and O–H groups in total. The lowest BCUT2D eigenvalue weighted by molar-refractivity contribution is -0.218. The number of Topliss-reactive ketones (excluding diaryl/α,β-unsaturated/α-hetero) is 1. The van der Waals surface area contributed by atoms with Crippen molar-refractivity contribution in [3.8, 4) is 0 Å². The van der Waals surface area contributed by atoms with Crippen LogP contribution in [0.2, 0.25) is 0 Å². The molecular formula is C22H28FIO4. The molecule has 0 saturated heterocycles. The van der Waals surface area contributed by atoms with Crippen molar-refractivity contribution in [3.63, 3.8) is 0 Å². The molecule has 4 aliphatic carbocycles. The topological polar surface area (TPSA) is 74.6 Å². The Kier molecular flexibility index (Phi) is 4.58. The highest BCUT2D eigenvalue weighted by Gasteiger charge is 2.75. The van der Waals surface area contributed by atoms with Crippen LogP contribution in [-0.2, 0) is 9.59 Å². The number of fused-ring (bicyclic) bond motifs is 5. The molecule has 3 fully saturated rings. The smallest absolute Gasteiger partial charge is 0.178 e. The van der Waals surface area contributed by atoms with Crippen molar-refractivity contribution in [2.75, 3.05) is 4.43 Å². The molecule has 6 heteroatoms. The van der Waals surface area contributed by atoms with Crippen LogP contribution >= 0.6 is 22.6 Å². The summed E-state index contributed by atoms with van der Waals surface area (Å²) in [5, 5.41) is 22.7. The molecule has 0 aromatic carbocycles. The molecule has 0 aromatic heterocycles. The fraction of sp³-hybridized carbons (Fsp3) is 0.727. The fourth-order valence-electron chi connectivity index (χ4n) is 7.24. The quantitative estimate of drug-likeness (QED) is 0.449. The number of ketones is 2.